The topological polar surface area (TPSA) is 86.7 Å². The molecule has 0 N–H and O–H groups in total. The standard InChI is InChI=1S/C17H20O6/c1-9-5-7-17(11(8-9)13(19)23-15(17)21)16-6-3-2-4-10(16)12(18)22-14(16)20/h9-11H,2-8H2,1H3. The highest BCUT2D eigenvalue weighted by molar-refractivity contribution is 6.08. The maximum absolute atomic E-state index is 12.8. The molecule has 2 aliphatic carbocycles. The lowest BCUT2D eigenvalue weighted by molar-refractivity contribution is -0.175. The molecular formula is C17H20O6. The number of carbonyl (C=O) groups is 4. The molecule has 4 aliphatic rings. The summed E-state index contributed by atoms with van der Waals surface area (Å²) in [6, 6.07) is 0. The second-order valence-corrected chi connectivity index (χ2v) is 7.59. The number of ether oxygens (including phenoxy) is 2. The van der Waals surface area contributed by atoms with E-state index >= 15 is 0 Å². The fourth-order valence-corrected chi connectivity index (χ4v) is 5.59. The maximum atomic E-state index is 12.8. The van der Waals surface area contributed by atoms with Crippen molar-refractivity contribution in [2.24, 2.45) is 28.6 Å². The van der Waals surface area contributed by atoms with Crippen molar-refractivity contribution >= 4 is 23.9 Å². The summed E-state index contributed by atoms with van der Waals surface area (Å²) in [5, 5.41) is 0. The molecule has 2 aliphatic heterocycles. The van der Waals surface area contributed by atoms with E-state index in [-0.39, 0.29) is 5.92 Å². The summed E-state index contributed by atoms with van der Waals surface area (Å²) in [7, 11) is 0. The van der Waals surface area contributed by atoms with Gasteiger partial charge < -0.3 is 9.47 Å². The van der Waals surface area contributed by atoms with E-state index in [0.717, 1.165) is 19.3 Å². The lowest BCUT2D eigenvalue weighted by Gasteiger charge is -2.50. The van der Waals surface area contributed by atoms with Gasteiger partial charge in [0.05, 0.1) is 22.7 Å². The molecule has 4 rings (SSSR count). The van der Waals surface area contributed by atoms with Gasteiger partial charge in [0.2, 0.25) is 0 Å². The number of rotatable bonds is 1. The Labute approximate surface area is 133 Å². The maximum Gasteiger partial charge on any atom is 0.321 e. The van der Waals surface area contributed by atoms with Crippen LogP contribution in [0.3, 0.4) is 0 Å². The van der Waals surface area contributed by atoms with Crippen LogP contribution < -0.4 is 0 Å². The monoisotopic (exact) mass is 320 g/mol. The van der Waals surface area contributed by atoms with Gasteiger partial charge in [0.25, 0.3) is 0 Å². The van der Waals surface area contributed by atoms with E-state index in [9.17, 15) is 19.2 Å². The number of fused-ring (bicyclic) bond motifs is 3. The molecule has 23 heavy (non-hydrogen) atoms. The van der Waals surface area contributed by atoms with E-state index in [4.69, 9.17) is 9.47 Å². The van der Waals surface area contributed by atoms with Crippen molar-refractivity contribution in [1.82, 2.24) is 0 Å². The van der Waals surface area contributed by atoms with Gasteiger partial charge in [0.1, 0.15) is 0 Å². The molecule has 5 unspecified atom stereocenters. The van der Waals surface area contributed by atoms with Crippen LogP contribution >= 0.6 is 0 Å². The highest BCUT2D eigenvalue weighted by Gasteiger charge is 2.77. The molecule has 4 fully saturated rings. The van der Waals surface area contributed by atoms with E-state index in [1.807, 2.05) is 6.92 Å². The van der Waals surface area contributed by atoms with Crippen LogP contribution in [0.5, 0.6) is 0 Å². The van der Waals surface area contributed by atoms with Crippen LogP contribution in [0.4, 0.5) is 0 Å². The molecule has 0 spiro atoms. The number of esters is 4. The molecule has 0 aromatic carbocycles. The minimum absolute atomic E-state index is 0.290. The molecule has 6 heteroatoms. The third-order valence-corrected chi connectivity index (χ3v) is 6.65. The fraction of sp³-hybridized carbons (Fsp3) is 0.765. The third-order valence-electron chi connectivity index (χ3n) is 6.65. The van der Waals surface area contributed by atoms with Crippen molar-refractivity contribution in [3.63, 3.8) is 0 Å². The number of carbonyl (C=O) groups excluding carboxylic acids is 4. The van der Waals surface area contributed by atoms with Gasteiger partial charge in [-0.3, -0.25) is 19.2 Å². The first-order chi connectivity index (χ1) is 10.9. The highest BCUT2D eigenvalue weighted by Crippen LogP contribution is 2.67. The zero-order valence-electron chi connectivity index (χ0n) is 13.1. The van der Waals surface area contributed by atoms with Gasteiger partial charge in [-0.25, -0.2) is 0 Å². The molecule has 0 radical (unpaired) electrons. The van der Waals surface area contributed by atoms with Gasteiger partial charge in [-0.1, -0.05) is 19.8 Å². The smallest absolute Gasteiger partial charge is 0.321 e. The summed E-state index contributed by atoms with van der Waals surface area (Å²) in [5.41, 5.74) is -2.40. The second-order valence-electron chi connectivity index (χ2n) is 7.59. The lowest BCUT2D eigenvalue weighted by Crippen LogP contribution is -2.58. The molecule has 124 valence electrons. The summed E-state index contributed by atoms with van der Waals surface area (Å²) >= 11 is 0. The Morgan fingerprint density at radius 1 is 0.826 bits per heavy atom. The summed E-state index contributed by atoms with van der Waals surface area (Å²) in [5.74, 6) is -3.24. The van der Waals surface area contributed by atoms with Crippen molar-refractivity contribution < 1.29 is 28.7 Å². The Kier molecular flexibility index (Phi) is 3.00. The number of hydrogen-bond acceptors (Lipinski definition) is 6. The first-order valence-corrected chi connectivity index (χ1v) is 8.46. The van der Waals surface area contributed by atoms with E-state index < -0.39 is 46.5 Å². The summed E-state index contributed by atoms with van der Waals surface area (Å²) in [6.07, 6.45) is 4.24. The van der Waals surface area contributed by atoms with E-state index in [1.54, 1.807) is 0 Å². The van der Waals surface area contributed by atoms with Crippen molar-refractivity contribution in [1.29, 1.82) is 0 Å². The number of cyclic esters (lactones) is 4. The van der Waals surface area contributed by atoms with Crippen LogP contribution in [0, 0.1) is 28.6 Å². The largest absolute Gasteiger partial charge is 0.392 e. The Morgan fingerprint density at radius 3 is 2.13 bits per heavy atom. The molecule has 2 saturated heterocycles. The van der Waals surface area contributed by atoms with Gasteiger partial charge in [-0.05, 0) is 38.0 Å². The Bertz CT molecular complexity index is 625. The van der Waals surface area contributed by atoms with Crippen molar-refractivity contribution in [3.8, 4) is 0 Å². The Balaban J connectivity index is 1.91. The van der Waals surface area contributed by atoms with Gasteiger partial charge in [-0.15, -0.1) is 0 Å². The molecule has 0 aromatic rings. The van der Waals surface area contributed by atoms with Crippen LogP contribution in [-0.2, 0) is 28.7 Å². The first kappa shape index (κ1) is 14.8. The van der Waals surface area contributed by atoms with Gasteiger partial charge in [0, 0.05) is 0 Å². The van der Waals surface area contributed by atoms with Gasteiger partial charge >= 0.3 is 23.9 Å². The van der Waals surface area contributed by atoms with Crippen LogP contribution in [0.1, 0.15) is 51.9 Å². The summed E-state index contributed by atoms with van der Waals surface area (Å²) in [4.78, 5) is 50.1. The van der Waals surface area contributed by atoms with Crippen molar-refractivity contribution in [3.05, 3.63) is 0 Å². The molecule has 0 aromatic heterocycles. The highest BCUT2D eigenvalue weighted by atomic mass is 16.6. The minimum atomic E-state index is -1.20. The molecule has 0 amide bonds. The molecule has 6 nitrogen and oxygen atoms in total. The SMILES string of the molecule is CC1CCC2(C34CCCCC3C(=O)OC4=O)C(=O)OC(=O)C2C1. The van der Waals surface area contributed by atoms with Gasteiger partial charge in [0.15, 0.2) is 0 Å². The fourth-order valence-electron chi connectivity index (χ4n) is 5.59. The molecule has 2 saturated carbocycles. The van der Waals surface area contributed by atoms with E-state index in [2.05, 4.69) is 0 Å². The normalized spacial score (nSPS) is 46.2. The van der Waals surface area contributed by atoms with E-state index in [0.29, 0.717) is 25.7 Å². The lowest BCUT2D eigenvalue weighted by atomic mass is 9.46. The van der Waals surface area contributed by atoms with Crippen LogP contribution in [0.15, 0.2) is 0 Å². The van der Waals surface area contributed by atoms with Crippen molar-refractivity contribution in [2.75, 3.05) is 0 Å². The third kappa shape index (κ3) is 1.59. The van der Waals surface area contributed by atoms with Crippen LogP contribution in [-0.4, -0.2) is 23.9 Å². The van der Waals surface area contributed by atoms with E-state index in [1.165, 1.54) is 0 Å². The van der Waals surface area contributed by atoms with Gasteiger partial charge in [-0.2, -0.15) is 0 Å². The second kappa shape index (κ2) is 4.65. The Hall–Kier alpha value is -1.72. The Morgan fingerprint density at radius 2 is 1.43 bits per heavy atom. The molecule has 5 atom stereocenters. The van der Waals surface area contributed by atoms with Crippen LogP contribution in [0.2, 0.25) is 0 Å². The average Bonchev–Trinajstić information content (AvgIpc) is 2.93. The average molecular weight is 320 g/mol. The first-order valence-electron chi connectivity index (χ1n) is 8.46. The summed E-state index contributed by atoms with van der Waals surface area (Å²) < 4.78 is 9.98. The molecule has 2 heterocycles. The molecular weight excluding hydrogens is 300 g/mol. The van der Waals surface area contributed by atoms with Crippen LogP contribution in [0.25, 0.3) is 0 Å². The van der Waals surface area contributed by atoms with Crippen molar-refractivity contribution in [2.45, 2.75) is 51.9 Å². The summed E-state index contributed by atoms with van der Waals surface area (Å²) in [6.45, 7) is 2.04. The zero-order valence-corrected chi connectivity index (χ0v) is 13.1. The predicted molar refractivity (Wildman–Crippen MR) is 75.5 cm³/mol. The zero-order chi connectivity index (χ0) is 16.4. The minimum Gasteiger partial charge on any atom is -0.392 e. The predicted octanol–water partition coefficient (Wildman–Crippen LogP) is 1.75. The quantitative estimate of drug-likeness (QED) is 0.540. The number of hydrogen-bond donors (Lipinski definition) is 0. The molecule has 0 bridgehead atoms.